The summed E-state index contributed by atoms with van der Waals surface area (Å²) in [7, 11) is 2.20. The van der Waals surface area contributed by atoms with E-state index in [1.54, 1.807) is 0 Å². The van der Waals surface area contributed by atoms with Gasteiger partial charge in [-0.05, 0) is 37.1 Å². The Bertz CT molecular complexity index is 441. The van der Waals surface area contributed by atoms with Crippen LogP contribution < -0.4 is 10.2 Å². The summed E-state index contributed by atoms with van der Waals surface area (Å²) >= 11 is 1.88. The van der Waals surface area contributed by atoms with Crippen LogP contribution >= 0.6 is 11.3 Å². The Morgan fingerprint density at radius 2 is 2.14 bits per heavy atom. The smallest absolute Gasteiger partial charge is 0.185 e. The summed E-state index contributed by atoms with van der Waals surface area (Å²) in [4.78, 5) is 8.71. The van der Waals surface area contributed by atoms with Crippen LogP contribution in [0.15, 0.2) is 0 Å². The molecule has 3 nitrogen and oxygen atoms in total. The molecule has 0 spiro atoms. The molecule has 0 saturated heterocycles. The Morgan fingerprint density at radius 1 is 1.43 bits per heavy atom. The van der Waals surface area contributed by atoms with Crippen LogP contribution in [0, 0.1) is 17.8 Å². The van der Waals surface area contributed by atoms with Crippen LogP contribution in [0.3, 0.4) is 0 Å². The molecule has 4 heteroatoms. The lowest BCUT2D eigenvalue weighted by atomic mass is 10.2. The van der Waals surface area contributed by atoms with Crippen LogP contribution in [0.5, 0.6) is 0 Å². The highest BCUT2D eigenvalue weighted by molar-refractivity contribution is 7.15. The van der Waals surface area contributed by atoms with E-state index in [0.717, 1.165) is 31.3 Å². The summed E-state index contributed by atoms with van der Waals surface area (Å²) in [6, 6.07) is 0. The van der Waals surface area contributed by atoms with Gasteiger partial charge in [0, 0.05) is 25.0 Å². The van der Waals surface area contributed by atoms with E-state index in [1.807, 2.05) is 11.3 Å². The Balaban J connectivity index is 1.97. The maximum atomic E-state index is 4.91. The topological polar surface area (TPSA) is 28.2 Å². The number of anilines is 1. The van der Waals surface area contributed by atoms with Crippen LogP contribution in [0.1, 0.15) is 51.1 Å². The van der Waals surface area contributed by atoms with Gasteiger partial charge < -0.3 is 10.2 Å². The van der Waals surface area contributed by atoms with Crippen molar-refractivity contribution in [2.45, 2.75) is 53.5 Å². The Hall–Kier alpha value is -0.610. The number of aryl methyl sites for hydroxylation is 1. The quantitative estimate of drug-likeness (QED) is 0.749. The lowest BCUT2D eigenvalue weighted by molar-refractivity contribution is 0.553. The highest BCUT2D eigenvalue weighted by Crippen LogP contribution is 2.39. The van der Waals surface area contributed by atoms with Gasteiger partial charge in [0.05, 0.1) is 5.69 Å². The highest BCUT2D eigenvalue weighted by Gasteiger charge is 2.33. The van der Waals surface area contributed by atoms with Crippen molar-refractivity contribution in [3.8, 4) is 0 Å². The van der Waals surface area contributed by atoms with Crippen LogP contribution in [-0.4, -0.2) is 25.1 Å². The number of nitrogens with one attached hydrogen (secondary N) is 1. The van der Waals surface area contributed by atoms with Crippen LogP contribution in [0.4, 0.5) is 5.13 Å². The van der Waals surface area contributed by atoms with Gasteiger partial charge in [-0.15, -0.1) is 11.3 Å². The number of thiazole rings is 1. The lowest BCUT2D eigenvalue weighted by Gasteiger charge is -2.15. The second-order valence-corrected chi connectivity index (χ2v) is 8.06. The summed E-state index contributed by atoms with van der Waals surface area (Å²) in [5.74, 6) is 2.50. The van der Waals surface area contributed by atoms with Crippen LogP contribution in [0.2, 0.25) is 0 Å². The second-order valence-electron chi connectivity index (χ2n) is 6.99. The first kappa shape index (κ1) is 16.8. The summed E-state index contributed by atoms with van der Waals surface area (Å²) in [5.41, 5.74) is 1.31. The molecule has 2 rings (SSSR count). The molecule has 1 fully saturated rings. The van der Waals surface area contributed by atoms with Gasteiger partial charge in [0.15, 0.2) is 5.13 Å². The molecular weight excluding hydrogens is 278 g/mol. The zero-order valence-corrected chi connectivity index (χ0v) is 15.1. The SMILES string of the molecule is CCCc1nc(N(C)CC2CC2C)sc1CNCC(C)C. The van der Waals surface area contributed by atoms with Gasteiger partial charge >= 0.3 is 0 Å². The first-order chi connectivity index (χ1) is 10.0. The van der Waals surface area contributed by atoms with Crippen LogP contribution in [-0.2, 0) is 13.0 Å². The fourth-order valence-electron chi connectivity index (χ4n) is 2.66. The van der Waals surface area contributed by atoms with Gasteiger partial charge in [-0.25, -0.2) is 4.98 Å². The third-order valence-corrected chi connectivity index (χ3v) is 5.41. The molecule has 0 bridgehead atoms. The molecule has 1 saturated carbocycles. The number of aromatic nitrogens is 1. The van der Waals surface area contributed by atoms with Gasteiger partial charge in [0.25, 0.3) is 0 Å². The Morgan fingerprint density at radius 3 is 2.71 bits per heavy atom. The second kappa shape index (κ2) is 7.59. The van der Waals surface area contributed by atoms with Gasteiger partial charge in [-0.1, -0.05) is 34.1 Å². The molecule has 2 atom stereocenters. The van der Waals surface area contributed by atoms with Crippen molar-refractivity contribution in [2.75, 3.05) is 25.0 Å². The third kappa shape index (κ3) is 4.96. The van der Waals surface area contributed by atoms with E-state index >= 15 is 0 Å². The number of nitrogens with zero attached hydrogens (tertiary/aromatic N) is 2. The van der Waals surface area contributed by atoms with Gasteiger partial charge in [0.1, 0.15) is 0 Å². The zero-order chi connectivity index (χ0) is 15.4. The normalized spacial score (nSPS) is 21.0. The summed E-state index contributed by atoms with van der Waals surface area (Å²) in [6.45, 7) is 12.3. The fraction of sp³-hybridized carbons (Fsp3) is 0.824. The highest BCUT2D eigenvalue weighted by atomic mass is 32.1. The Labute approximate surface area is 134 Å². The first-order valence-corrected chi connectivity index (χ1v) is 9.23. The number of hydrogen-bond acceptors (Lipinski definition) is 4. The average molecular weight is 310 g/mol. The van der Waals surface area contributed by atoms with Crippen molar-refractivity contribution in [3.63, 3.8) is 0 Å². The van der Waals surface area contributed by atoms with E-state index in [2.05, 4.69) is 45.0 Å². The van der Waals surface area contributed by atoms with E-state index in [0.29, 0.717) is 5.92 Å². The molecular formula is C17H31N3S. The molecule has 0 amide bonds. The van der Waals surface area contributed by atoms with E-state index in [9.17, 15) is 0 Å². The van der Waals surface area contributed by atoms with Crippen LogP contribution in [0.25, 0.3) is 0 Å². The minimum atomic E-state index is 0.700. The minimum absolute atomic E-state index is 0.700. The van der Waals surface area contributed by atoms with E-state index in [1.165, 1.54) is 35.1 Å². The molecule has 1 aromatic heterocycles. The van der Waals surface area contributed by atoms with Gasteiger partial charge in [-0.3, -0.25) is 0 Å². The molecule has 120 valence electrons. The molecule has 2 unspecified atom stereocenters. The monoisotopic (exact) mass is 309 g/mol. The van der Waals surface area contributed by atoms with Gasteiger partial charge in [-0.2, -0.15) is 0 Å². The van der Waals surface area contributed by atoms with Crippen molar-refractivity contribution >= 4 is 16.5 Å². The van der Waals surface area contributed by atoms with Crippen molar-refractivity contribution in [1.82, 2.24) is 10.3 Å². The largest absolute Gasteiger partial charge is 0.351 e. The van der Waals surface area contributed by atoms with Gasteiger partial charge in [0.2, 0.25) is 0 Å². The van der Waals surface area contributed by atoms with E-state index < -0.39 is 0 Å². The number of rotatable bonds is 9. The molecule has 1 aliphatic carbocycles. The predicted octanol–water partition coefficient (Wildman–Crippen LogP) is 3.93. The standard InChI is InChI=1S/C17H31N3S/c1-6-7-15-16(10-18-9-12(2)3)21-17(19-15)20(5)11-14-8-13(14)4/h12-14,18H,6-11H2,1-5H3. The van der Waals surface area contributed by atoms with Crippen molar-refractivity contribution in [1.29, 1.82) is 0 Å². The van der Waals surface area contributed by atoms with Crippen molar-refractivity contribution in [3.05, 3.63) is 10.6 Å². The Kier molecular flexibility index (Phi) is 6.06. The third-order valence-electron chi connectivity index (χ3n) is 4.20. The molecule has 21 heavy (non-hydrogen) atoms. The predicted molar refractivity (Wildman–Crippen MR) is 93.2 cm³/mol. The van der Waals surface area contributed by atoms with Crippen molar-refractivity contribution in [2.24, 2.45) is 17.8 Å². The summed E-state index contributed by atoms with van der Waals surface area (Å²) in [6.07, 6.45) is 3.66. The summed E-state index contributed by atoms with van der Waals surface area (Å²) < 4.78 is 0. The number of hydrogen-bond donors (Lipinski definition) is 1. The lowest BCUT2D eigenvalue weighted by Crippen LogP contribution is -2.20. The molecule has 0 radical (unpaired) electrons. The first-order valence-electron chi connectivity index (χ1n) is 8.41. The molecule has 1 heterocycles. The maximum absolute atomic E-state index is 4.91. The van der Waals surface area contributed by atoms with E-state index in [-0.39, 0.29) is 0 Å². The molecule has 1 aromatic rings. The summed E-state index contributed by atoms with van der Waals surface area (Å²) in [5, 5.41) is 4.77. The maximum Gasteiger partial charge on any atom is 0.185 e. The molecule has 0 aromatic carbocycles. The minimum Gasteiger partial charge on any atom is -0.351 e. The fourth-order valence-corrected chi connectivity index (χ4v) is 3.71. The molecule has 1 aliphatic rings. The van der Waals surface area contributed by atoms with E-state index in [4.69, 9.17) is 4.98 Å². The molecule has 0 aliphatic heterocycles. The average Bonchev–Trinajstić information content (AvgIpc) is 2.95. The molecule has 1 N–H and O–H groups in total. The van der Waals surface area contributed by atoms with Crippen molar-refractivity contribution < 1.29 is 0 Å². The zero-order valence-electron chi connectivity index (χ0n) is 14.3.